The van der Waals surface area contributed by atoms with Crippen LogP contribution >= 0.6 is 15.2 Å². The molecule has 0 aliphatic heterocycles. The monoisotopic (exact) mass is 236 g/mol. The van der Waals surface area contributed by atoms with Crippen LogP contribution in [0.15, 0.2) is 0 Å². The molecule has 80 valence electrons. The minimum Gasteiger partial charge on any atom is -0.368 e. The summed E-state index contributed by atoms with van der Waals surface area (Å²) in [5.74, 6) is 0. The molecule has 0 heterocycles. The molecule has 0 saturated heterocycles. The van der Waals surface area contributed by atoms with Crippen molar-refractivity contribution in [3.8, 4) is 0 Å². The molecule has 0 atom stereocenters. The van der Waals surface area contributed by atoms with Gasteiger partial charge in [0.1, 0.15) is 0 Å². The molecule has 0 aliphatic carbocycles. The lowest BCUT2D eigenvalue weighted by Crippen LogP contribution is -2.17. The van der Waals surface area contributed by atoms with Gasteiger partial charge in [-0.25, -0.2) is 0 Å². The lowest BCUT2D eigenvalue weighted by atomic mass is 10.5. The first kappa shape index (κ1) is 13.2. The first-order valence-corrected chi connectivity index (χ1v) is 6.38. The summed E-state index contributed by atoms with van der Waals surface area (Å²) >= 11 is 0. The van der Waals surface area contributed by atoms with Crippen molar-refractivity contribution in [1.82, 2.24) is 0 Å². The fourth-order valence-electron chi connectivity index (χ4n) is 0.659. The van der Waals surface area contributed by atoms with E-state index in [1.807, 2.05) is 0 Å². The topological polar surface area (TPSA) is 156 Å². The van der Waals surface area contributed by atoms with Crippen LogP contribution in [0.4, 0.5) is 0 Å². The van der Waals surface area contributed by atoms with Gasteiger partial charge in [0.15, 0.2) is 11.7 Å². The molecule has 10 heteroatoms. The number of hydrogen-bond acceptors (Lipinski definition) is 4. The van der Waals surface area contributed by atoms with Crippen molar-refractivity contribution in [3.05, 3.63) is 0 Å². The molecule has 6 N–H and O–H groups in total. The Bertz CT molecular complexity index is 226. The summed E-state index contributed by atoms with van der Waals surface area (Å²) in [6.07, 6.45) is -3.25. The van der Waals surface area contributed by atoms with Gasteiger partial charge in [-0.3, -0.25) is 9.13 Å². The average Bonchev–Trinajstić information content (AvgIpc) is 1.77. The predicted octanol–water partition coefficient (Wildman–Crippen LogP) is -1.63. The lowest BCUT2D eigenvalue weighted by molar-refractivity contribution is -0.0442. The smallest absolute Gasteiger partial charge is 0.340 e. The Morgan fingerprint density at radius 3 is 1.31 bits per heavy atom. The summed E-state index contributed by atoms with van der Waals surface area (Å²) in [6, 6.07) is 0. The third kappa shape index (κ3) is 4.85. The molecule has 8 nitrogen and oxygen atoms in total. The first-order valence-electron chi connectivity index (χ1n) is 3.01. The largest absolute Gasteiger partial charge is 0.368 e. The molecular formula is C3H10O8P2. The lowest BCUT2D eigenvalue weighted by Gasteiger charge is -2.19. The molecule has 0 fully saturated rings. The fraction of sp³-hybridized carbons (Fsp3) is 1.00. The summed E-state index contributed by atoms with van der Waals surface area (Å²) in [6.45, 7) is 0. The molecule has 0 aromatic rings. The van der Waals surface area contributed by atoms with Gasteiger partial charge in [0, 0.05) is 6.42 Å². The summed E-state index contributed by atoms with van der Waals surface area (Å²) in [5, 5.41) is 14.3. The molecule has 0 amide bonds. The Kier molecular flexibility index (Phi) is 4.23. The Labute approximate surface area is 73.2 Å². The van der Waals surface area contributed by atoms with Crippen LogP contribution < -0.4 is 0 Å². The number of aliphatic hydroxyl groups is 2. The summed E-state index contributed by atoms with van der Waals surface area (Å²) in [5.41, 5.74) is 0. The second-order valence-electron chi connectivity index (χ2n) is 2.38. The maximum Gasteiger partial charge on any atom is 0.340 e. The SMILES string of the molecule is O=P(O)(O)C(CC(O)O)P(=O)(O)O. The molecule has 0 bridgehead atoms. The van der Waals surface area contributed by atoms with Crippen LogP contribution in [0.1, 0.15) is 6.42 Å². The van der Waals surface area contributed by atoms with Crippen LogP contribution in [-0.4, -0.2) is 41.5 Å². The van der Waals surface area contributed by atoms with E-state index in [0.29, 0.717) is 0 Å². The van der Waals surface area contributed by atoms with Crippen molar-refractivity contribution in [2.24, 2.45) is 0 Å². The zero-order valence-corrected chi connectivity index (χ0v) is 8.04. The highest BCUT2D eigenvalue weighted by atomic mass is 31.2. The van der Waals surface area contributed by atoms with Gasteiger partial charge in [-0.05, 0) is 0 Å². The van der Waals surface area contributed by atoms with Gasteiger partial charge < -0.3 is 29.8 Å². The molecule has 0 radical (unpaired) electrons. The molecule has 0 rings (SSSR count). The van der Waals surface area contributed by atoms with Crippen LogP contribution in [-0.2, 0) is 9.13 Å². The molecule has 0 aliphatic rings. The van der Waals surface area contributed by atoms with E-state index in [9.17, 15) is 9.13 Å². The van der Waals surface area contributed by atoms with Gasteiger partial charge >= 0.3 is 15.2 Å². The van der Waals surface area contributed by atoms with E-state index >= 15 is 0 Å². The fourth-order valence-corrected chi connectivity index (χ4v) is 3.15. The van der Waals surface area contributed by atoms with Crippen molar-refractivity contribution in [2.45, 2.75) is 18.1 Å². The number of rotatable bonds is 4. The highest BCUT2D eigenvalue weighted by Crippen LogP contribution is 2.61. The Hall–Kier alpha value is 0.220. The molecule has 0 unspecified atom stereocenters. The van der Waals surface area contributed by atoms with Crippen molar-refractivity contribution in [1.29, 1.82) is 0 Å². The van der Waals surface area contributed by atoms with E-state index in [1.54, 1.807) is 0 Å². The zero-order valence-electron chi connectivity index (χ0n) is 6.26. The van der Waals surface area contributed by atoms with E-state index in [4.69, 9.17) is 29.8 Å². The quantitative estimate of drug-likeness (QED) is 0.251. The summed E-state index contributed by atoms with van der Waals surface area (Å²) in [7, 11) is -10.1. The van der Waals surface area contributed by atoms with Crippen molar-refractivity contribution in [2.75, 3.05) is 0 Å². The predicted molar refractivity (Wildman–Crippen MR) is 40.7 cm³/mol. The van der Waals surface area contributed by atoms with Crippen LogP contribution in [0.3, 0.4) is 0 Å². The Balaban J connectivity index is 4.80. The second-order valence-corrected chi connectivity index (χ2v) is 6.39. The van der Waals surface area contributed by atoms with E-state index in [1.165, 1.54) is 0 Å². The van der Waals surface area contributed by atoms with E-state index < -0.39 is 33.3 Å². The van der Waals surface area contributed by atoms with Gasteiger partial charge in [-0.2, -0.15) is 0 Å². The van der Waals surface area contributed by atoms with Crippen LogP contribution in [0.5, 0.6) is 0 Å². The van der Waals surface area contributed by atoms with E-state index in [0.717, 1.165) is 0 Å². The van der Waals surface area contributed by atoms with E-state index in [2.05, 4.69) is 0 Å². The van der Waals surface area contributed by atoms with Gasteiger partial charge in [0.05, 0.1) is 0 Å². The molecule has 13 heavy (non-hydrogen) atoms. The third-order valence-corrected chi connectivity index (χ3v) is 4.98. The number of hydrogen-bond donors (Lipinski definition) is 6. The summed E-state index contributed by atoms with van der Waals surface area (Å²) < 4.78 is 21.0. The highest BCUT2D eigenvalue weighted by molar-refractivity contribution is 7.70. The van der Waals surface area contributed by atoms with Crippen molar-refractivity contribution < 1.29 is 38.9 Å². The minimum absolute atomic E-state index is 1.07. The standard InChI is InChI=1S/C3H10O8P2/c4-2(5)1-3(12(6,7)8)13(9,10)11/h2-5H,1H2,(H2,6,7,8)(H2,9,10,11). The number of aliphatic hydroxyl groups excluding tert-OH is 1. The van der Waals surface area contributed by atoms with Crippen LogP contribution in [0.2, 0.25) is 0 Å². The highest BCUT2D eigenvalue weighted by Gasteiger charge is 2.44. The van der Waals surface area contributed by atoms with Gasteiger partial charge in [-0.1, -0.05) is 0 Å². The molecule has 0 spiro atoms. The third-order valence-electron chi connectivity index (χ3n) is 1.20. The maximum atomic E-state index is 10.5. The van der Waals surface area contributed by atoms with Gasteiger partial charge in [-0.15, -0.1) is 0 Å². The minimum atomic E-state index is -5.03. The van der Waals surface area contributed by atoms with Crippen LogP contribution in [0, 0.1) is 0 Å². The Morgan fingerprint density at radius 2 is 1.23 bits per heavy atom. The second kappa shape index (κ2) is 4.16. The van der Waals surface area contributed by atoms with Gasteiger partial charge in [0.25, 0.3) is 0 Å². The zero-order chi connectivity index (χ0) is 10.9. The average molecular weight is 236 g/mol. The molecule has 0 aromatic heterocycles. The van der Waals surface area contributed by atoms with Crippen molar-refractivity contribution in [3.63, 3.8) is 0 Å². The molecule has 0 aromatic carbocycles. The van der Waals surface area contributed by atoms with Crippen LogP contribution in [0.25, 0.3) is 0 Å². The molecular weight excluding hydrogens is 226 g/mol. The summed E-state index contributed by atoms with van der Waals surface area (Å²) in [4.78, 5) is 33.8. The normalized spacial score (nSPS) is 14.2. The van der Waals surface area contributed by atoms with Gasteiger partial charge in [0.2, 0.25) is 0 Å². The molecule has 0 saturated carbocycles. The first-order chi connectivity index (χ1) is 5.55. The maximum absolute atomic E-state index is 10.5. The van der Waals surface area contributed by atoms with E-state index in [-0.39, 0.29) is 0 Å². The van der Waals surface area contributed by atoms with Crippen molar-refractivity contribution >= 4 is 15.2 Å². The Morgan fingerprint density at radius 1 is 0.923 bits per heavy atom.